The highest BCUT2D eigenvalue weighted by atomic mass is 79.9. The molecule has 0 aromatic heterocycles. The second-order valence-electron chi connectivity index (χ2n) is 4.59. The Morgan fingerprint density at radius 1 is 1.24 bits per heavy atom. The molecule has 21 heavy (non-hydrogen) atoms. The Bertz CT molecular complexity index is 758. The number of hydrogen-bond acceptors (Lipinski definition) is 3. The topological polar surface area (TPSA) is 72.2 Å². The predicted molar refractivity (Wildman–Crippen MR) is 84.0 cm³/mol. The van der Waals surface area contributed by atoms with Crippen molar-refractivity contribution in [2.24, 2.45) is 5.73 Å². The number of anilines is 1. The van der Waals surface area contributed by atoms with Gasteiger partial charge >= 0.3 is 0 Å². The largest absolute Gasteiger partial charge is 0.326 e. The van der Waals surface area contributed by atoms with Gasteiger partial charge in [-0.15, -0.1) is 0 Å². The third-order valence-electron chi connectivity index (χ3n) is 2.82. The van der Waals surface area contributed by atoms with E-state index in [1.54, 1.807) is 12.1 Å². The minimum absolute atomic E-state index is 0.138. The molecule has 0 fully saturated rings. The number of sulfonamides is 1. The van der Waals surface area contributed by atoms with Crippen LogP contribution in [0.3, 0.4) is 0 Å². The van der Waals surface area contributed by atoms with Gasteiger partial charge in [-0.25, -0.2) is 12.8 Å². The fraction of sp³-hybridized carbons (Fsp3) is 0.143. The Hall–Kier alpha value is -1.44. The molecule has 112 valence electrons. The molecule has 0 radical (unpaired) electrons. The van der Waals surface area contributed by atoms with Crippen molar-refractivity contribution in [2.45, 2.75) is 18.4 Å². The molecule has 0 atom stereocenters. The highest BCUT2D eigenvalue weighted by Crippen LogP contribution is 2.23. The zero-order valence-corrected chi connectivity index (χ0v) is 13.6. The summed E-state index contributed by atoms with van der Waals surface area (Å²) >= 11 is 3.29. The fourth-order valence-electron chi connectivity index (χ4n) is 1.89. The number of nitrogens with one attached hydrogen (secondary N) is 1. The van der Waals surface area contributed by atoms with Crippen LogP contribution in [0.2, 0.25) is 0 Å². The molecule has 0 amide bonds. The average molecular weight is 373 g/mol. The van der Waals surface area contributed by atoms with Crippen LogP contribution in [-0.4, -0.2) is 8.42 Å². The minimum atomic E-state index is -4.01. The Morgan fingerprint density at radius 3 is 2.57 bits per heavy atom. The molecule has 0 spiro atoms. The van der Waals surface area contributed by atoms with E-state index in [1.165, 1.54) is 12.1 Å². The van der Waals surface area contributed by atoms with Gasteiger partial charge in [0.25, 0.3) is 10.0 Å². The highest BCUT2D eigenvalue weighted by molar-refractivity contribution is 9.10. The molecule has 0 heterocycles. The maximum Gasteiger partial charge on any atom is 0.264 e. The van der Waals surface area contributed by atoms with Crippen LogP contribution in [0.25, 0.3) is 0 Å². The van der Waals surface area contributed by atoms with Gasteiger partial charge in [0, 0.05) is 11.0 Å². The number of hydrogen-bond donors (Lipinski definition) is 2. The van der Waals surface area contributed by atoms with E-state index < -0.39 is 20.7 Å². The normalized spacial score (nSPS) is 11.4. The number of halogens is 2. The van der Waals surface area contributed by atoms with Gasteiger partial charge in [-0.05, 0) is 48.4 Å². The van der Waals surface area contributed by atoms with Crippen LogP contribution in [0.4, 0.5) is 10.1 Å². The SMILES string of the molecule is Cc1cc(Br)cc(NS(=O)(=O)c2cc(CN)ccc2F)c1. The quantitative estimate of drug-likeness (QED) is 0.865. The number of benzene rings is 2. The highest BCUT2D eigenvalue weighted by Gasteiger charge is 2.20. The molecule has 0 unspecified atom stereocenters. The first kappa shape index (κ1) is 15.9. The number of rotatable bonds is 4. The molecular weight excluding hydrogens is 359 g/mol. The van der Waals surface area contributed by atoms with E-state index >= 15 is 0 Å². The summed E-state index contributed by atoms with van der Waals surface area (Å²) in [4.78, 5) is -0.414. The summed E-state index contributed by atoms with van der Waals surface area (Å²) in [5.41, 5.74) is 7.24. The van der Waals surface area contributed by atoms with Crippen molar-refractivity contribution in [2.75, 3.05) is 4.72 Å². The Morgan fingerprint density at radius 2 is 1.95 bits per heavy atom. The van der Waals surface area contributed by atoms with E-state index in [9.17, 15) is 12.8 Å². The molecule has 2 aromatic rings. The second-order valence-corrected chi connectivity index (χ2v) is 7.16. The van der Waals surface area contributed by atoms with E-state index in [0.717, 1.165) is 16.1 Å². The summed E-state index contributed by atoms with van der Waals surface area (Å²) in [6.07, 6.45) is 0. The first-order chi connectivity index (χ1) is 9.81. The molecule has 0 saturated heterocycles. The molecule has 3 N–H and O–H groups in total. The smallest absolute Gasteiger partial charge is 0.264 e. The molecule has 4 nitrogen and oxygen atoms in total. The molecular formula is C14H14BrFN2O2S. The third kappa shape index (κ3) is 3.81. The van der Waals surface area contributed by atoms with Gasteiger partial charge in [0.15, 0.2) is 0 Å². The van der Waals surface area contributed by atoms with E-state index in [4.69, 9.17) is 5.73 Å². The number of nitrogens with two attached hydrogens (primary N) is 1. The van der Waals surface area contributed by atoms with E-state index in [0.29, 0.717) is 11.3 Å². The zero-order valence-electron chi connectivity index (χ0n) is 11.2. The van der Waals surface area contributed by atoms with Crippen molar-refractivity contribution in [3.63, 3.8) is 0 Å². The lowest BCUT2D eigenvalue weighted by atomic mass is 10.2. The van der Waals surface area contributed by atoms with Gasteiger partial charge in [-0.3, -0.25) is 4.72 Å². The van der Waals surface area contributed by atoms with Crippen molar-refractivity contribution >= 4 is 31.6 Å². The van der Waals surface area contributed by atoms with Crippen LogP contribution < -0.4 is 10.5 Å². The lowest BCUT2D eigenvalue weighted by molar-refractivity contribution is 0.569. The summed E-state index contributed by atoms with van der Waals surface area (Å²) < 4.78 is 41.5. The fourth-order valence-corrected chi connectivity index (χ4v) is 3.66. The second kappa shape index (κ2) is 6.13. The van der Waals surface area contributed by atoms with Gasteiger partial charge in [-0.1, -0.05) is 22.0 Å². The molecule has 2 rings (SSSR count). The van der Waals surface area contributed by atoms with Crippen LogP contribution in [-0.2, 0) is 16.6 Å². The zero-order chi connectivity index (χ0) is 15.6. The molecule has 0 aliphatic rings. The van der Waals surface area contributed by atoms with Crippen LogP contribution in [0, 0.1) is 12.7 Å². The Balaban J connectivity index is 2.42. The van der Waals surface area contributed by atoms with Crippen LogP contribution in [0.15, 0.2) is 45.8 Å². The summed E-state index contributed by atoms with van der Waals surface area (Å²) in [5, 5.41) is 0. The van der Waals surface area contributed by atoms with Gasteiger partial charge in [0.2, 0.25) is 0 Å². The van der Waals surface area contributed by atoms with Gasteiger partial charge in [0.1, 0.15) is 10.7 Å². The maximum absolute atomic E-state index is 13.8. The van der Waals surface area contributed by atoms with Crippen LogP contribution in [0.1, 0.15) is 11.1 Å². The van der Waals surface area contributed by atoms with Crippen molar-refractivity contribution in [1.29, 1.82) is 0 Å². The van der Waals surface area contributed by atoms with E-state index in [1.807, 2.05) is 13.0 Å². The minimum Gasteiger partial charge on any atom is -0.326 e. The monoisotopic (exact) mass is 372 g/mol. The lowest BCUT2D eigenvalue weighted by Crippen LogP contribution is -2.15. The standard InChI is InChI=1S/C14H14BrFN2O2S/c1-9-4-11(15)7-12(5-9)18-21(19,20)14-6-10(8-17)2-3-13(14)16/h2-7,18H,8,17H2,1H3. The average Bonchev–Trinajstić information content (AvgIpc) is 2.37. The van der Waals surface area contributed by atoms with Gasteiger partial charge in [0.05, 0.1) is 5.69 Å². The van der Waals surface area contributed by atoms with Crippen LogP contribution >= 0.6 is 15.9 Å². The Kier molecular flexibility index (Phi) is 4.65. The van der Waals surface area contributed by atoms with Crippen molar-refractivity contribution < 1.29 is 12.8 Å². The van der Waals surface area contributed by atoms with Crippen molar-refractivity contribution in [3.05, 3.63) is 57.8 Å². The molecule has 2 aromatic carbocycles. The van der Waals surface area contributed by atoms with Gasteiger partial charge in [-0.2, -0.15) is 0 Å². The third-order valence-corrected chi connectivity index (χ3v) is 4.67. The summed E-state index contributed by atoms with van der Waals surface area (Å²) in [5.74, 6) is -0.814. The lowest BCUT2D eigenvalue weighted by Gasteiger charge is -2.11. The predicted octanol–water partition coefficient (Wildman–Crippen LogP) is 3.16. The van der Waals surface area contributed by atoms with Crippen LogP contribution in [0.5, 0.6) is 0 Å². The molecule has 0 aliphatic carbocycles. The van der Waals surface area contributed by atoms with E-state index in [2.05, 4.69) is 20.7 Å². The maximum atomic E-state index is 13.8. The molecule has 0 saturated carbocycles. The molecule has 0 aliphatic heterocycles. The molecule has 7 heteroatoms. The summed E-state index contributed by atoms with van der Waals surface area (Å²) in [7, 11) is -4.01. The van der Waals surface area contributed by atoms with E-state index in [-0.39, 0.29) is 6.54 Å². The van der Waals surface area contributed by atoms with Crippen molar-refractivity contribution in [1.82, 2.24) is 0 Å². The first-order valence-corrected chi connectivity index (χ1v) is 8.38. The Labute approximate surface area is 131 Å². The summed E-state index contributed by atoms with van der Waals surface area (Å²) in [6.45, 7) is 1.97. The summed E-state index contributed by atoms with van der Waals surface area (Å²) in [6, 6.07) is 8.90. The number of aryl methyl sites for hydroxylation is 1. The van der Waals surface area contributed by atoms with Crippen molar-refractivity contribution in [3.8, 4) is 0 Å². The molecule has 0 bridgehead atoms. The first-order valence-electron chi connectivity index (χ1n) is 6.10. The van der Waals surface area contributed by atoms with Gasteiger partial charge < -0.3 is 5.73 Å².